The normalized spacial score (nSPS) is 10.9. The number of halogens is 1. The average Bonchev–Trinajstić information content (AvgIpc) is 2.38. The van der Waals surface area contributed by atoms with E-state index >= 15 is 0 Å². The van der Waals surface area contributed by atoms with Gasteiger partial charge >= 0.3 is 6.03 Å². The Morgan fingerprint density at radius 1 is 1.25 bits per heavy atom. The summed E-state index contributed by atoms with van der Waals surface area (Å²) in [5.41, 5.74) is 4.94. The number of nitrogens with two attached hydrogens (primary N) is 1. The molecular weight excluding hydrogens is 261 g/mol. The van der Waals surface area contributed by atoms with Crippen LogP contribution in [0.2, 0.25) is 0 Å². The minimum Gasteiger partial charge on any atom is -0.369 e. The molecule has 0 aliphatic heterocycles. The van der Waals surface area contributed by atoms with Crippen LogP contribution >= 0.6 is 0 Å². The van der Waals surface area contributed by atoms with Crippen molar-refractivity contribution in [3.05, 3.63) is 35.6 Å². The Hall–Kier alpha value is -2.11. The lowest BCUT2D eigenvalue weighted by Crippen LogP contribution is -2.46. The van der Waals surface area contributed by atoms with Crippen molar-refractivity contribution in [2.75, 3.05) is 13.1 Å². The van der Waals surface area contributed by atoms with Gasteiger partial charge in [0, 0.05) is 13.1 Å². The zero-order valence-corrected chi connectivity index (χ0v) is 11.7. The van der Waals surface area contributed by atoms with Gasteiger partial charge in [0.05, 0.1) is 5.41 Å². The van der Waals surface area contributed by atoms with Crippen LogP contribution in [0.4, 0.5) is 9.18 Å². The second-order valence-corrected chi connectivity index (χ2v) is 5.20. The molecule has 0 spiro atoms. The molecule has 110 valence electrons. The summed E-state index contributed by atoms with van der Waals surface area (Å²) >= 11 is 0. The molecule has 4 N–H and O–H groups in total. The molecule has 20 heavy (non-hydrogen) atoms. The first kappa shape index (κ1) is 15.9. The number of primary amides is 1. The number of urea groups is 1. The van der Waals surface area contributed by atoms with E-state index in [2.05, 4.69) is 10.6 Å². The van der Waals surface area contributed by atoms with E-state index in [1.54, 1.807) is 32.0 Å². The fraction of sp³-hybridized carbons (Fsp3) is 0.429. The molecule has 1 rings (SSSR count). The number of amides is 3. The van der Waals surface area contributed by atoms with Gasteiger partial charge in [-0.3, -0.25) is 4.79 Å². The monoisotopic (exact) mass is 281 g/mol. The van der Waals surface area contributed by atoms with Crippen molar-refractivity contribution in [1.29, 1.82) is 0 Å². The Bertz CT molecular complexity index is 489. The minimum absolute atomic E-state index is 0.147. The van der Waals surface area contributed by atoms with E-state index in [0.717, 1.165) is 0 Å². The molecule has 0 saturated heterocycles. The summed E-state index contributed by atoms with van der Waals surface area (Å²) in [5.74, 6) is -0.770. The predicted octanol–water partition coefficient (Wildman–Crippen LogP) is 1.18. The maximum atomic E-state index is 13.3. The Balaban J connectivity index is 2.31. The van der Waals surface area contributed by atoms with Crippen LogP contribution in [0.5, 0.6) is 0 Å². The Labute approximate surface area is 117 Å². The molecule has 0 bridgehead atoms. The second-order valence-electron chi connectivity index (χ2n) is 5.20. The highest BCUT2D eigenvalue weighted by molar-refractivity contribution is 5.81. The topological polar surface area (TPSA) is 84.2 Å². The van der Waals surface area contributed by atoms with Gasteiger partial charge in [0.15, 0.2) is 0 Å². The first-order chi connectivity index (χ1) is 9.33. The van der Waals surface area contributed by atoms with Gasteiger partial charge in [-0.25, -0.2) is 9.18 Å². The molecule has 0 aliphatic rings. The summed E-state index contributed by atoms with van der Waals surface area (Å²) in [6.07, 6.45) is 0.402. The van der Waals surface area contributed by atoms with E-state index in [0.29, 0.717) is 18.5 Å². The van der Waals surface area contributed by atoms with E-state index in [1.165, 1.54) is 6.07 Å². The molecule has 6 heteroatoms. The molecule has 0 radical (unpaired) electrons. The zero-order chi connectivity index (χ0) is 15.2. The van der Waals surface area contributed by atoms with Crippen molar-refractivity contribution in [3.63, 3.8) is 0 Å². The SMILES string of the molecule is CC(C)(CNC(=O)NCCc1ccccc1F)C(N)=O. The van der Waals surface area contributed by atoms with E-state index in [4.69, 9.17) is 5.73 Å². The first-order valence-corrected chi connectivity index (χ1v) is 6.38. The maximum Gasteiger partial charge on any atom is 0.314 e. The van der Waals surface area contributed by atoms with Crippen LogP contribution < -0.4 is 16.4 Å². The molecule has 1 aromatic carbocycles. The highest BCUT2D eigenvalue weighted by Crippen LogP contribution is 2.11. The fourth-order valence-electron chi connectivity index (χ4n) is 1.46. The second kappa shape index (κ2) is 6.88. The third kappa shape index (κ3) is 4.87. The highest BCUT2D eigenvalue weighted by atomic mass is 19.1. The van der Waals surface area contributed by atoms with Crippen LogP contribution in [0.1, 0.15) is 19.4 Å². The van der Waals surface area contributed by atoms with Crippen molar-refractivity contribution < 1.29 is 14.0 Å². The summed E-state index contributed by atoms with van der Waals surface area (Å²) in [4.78, 5) is 22.6. The van der Waals surface area contributed by atoms with Gasteiger partial charge in [-0.1, -0.05) is 18.2 Å². The van der Waals surface area contributed by atoms with Crippen LogP contribution in [0, 0.1) is 11.2 Å². The highest BCUT2D eigenvalue weighted by Gasteiger charge is 2.25. The third-order valence-electron chi connectivity index (χ3n) is 3.00. The first-order valence-electron chi connectivity index (χ1n) is 6.38. The van der Waals surface area contributed by atoms with Crippen LogP contribution in [0.3, 0.4) is 0 Å². The number of carbonyl (C=O) groups excluding carboxylic acids is 2. The number of hydrogen-bond acceptors (Lipinski definition) is 2. The largest absolute Gasteiger partial charge is 0.369 e. The molecule has 5 nitrogen and oxygen atoms in total. The number of nitrogens with one attached hydrogen (secondary N) is 2. The fourth-order valence-corrected chi connectivity index (χ4v) is 1.46. The minimum atomic E-state index is -0.803. The van der Waals surface area contributed by atoms with Crippen LogP contribution in [-0.2, 0) is 11.2 Å². The van der Waals surface area contributed by atoms with E-state index in [9.17, 15) is 14.0 Å². The van der Waals surface area contributed by atoms with Crippen molar-refractivity contribution in [1.82, 2.24) is 10.6 Å². The van der Waals surface area contributed by atoms with Crippen LogP contribution in [0.25, 0.3) is 0 Å². The smallest absolute Gasteiger partial charge is 0.314 e. The molecule has 0 aliphatic carbocycles. The average molecular weight is 281 g/mol. The van der Waals surface area contributed by atoms with Gasteiger partial charge in [-0.15, -0.1) is 0 Å². The predicted molar refractivity (Wildman–Crippen MR) is 74.5 cm³/mol. The molecule has 1 aromatic rings. The molecule has 0 heterocycles. The summed E-state index contributed by atoms with van der Waals surface area (Å²) in [6, 6.07) is 6.00. The summed E-state index contributed by atoms with van der Waals surface area (Å²) in [6.45, 7) is 3.75. The van der Waals surface area contributed by atoms with Crippen molar-refractivity contribution in [3.8, 4) is 0 Å². The summed E-state index contributed by atoms with van der Waals surface area (Å²) < 4.78 is 13.3. The molecule has 0 saturated carbocycles. The molecule has 0 unspecified atom stereocenters. The van der Waals surface area contributed by atoms with Crippen molar-refractivity contribution >= 4 is 11.9 Å². The Morgan fingerprint density at radius 3 is 2.50 bits per heavy atom. The van der Waals surface area contributed by atoms with Gasteiger partial charge in [0.1, 0.15) is 5.82 Å². The van der Waals surface area contributed by atoms with Gasteiger partial charge in [0.2, 0.25) is 5.91 Å². The molecule has 0 aromatic heterocycles. The van der Waals surface area contributed by atoms with Gasteiger partial charge in [-0.2, -0.15) is 0 Å². The van der Waals surface area contributed by atoms with Gasteiger partial charge < -0.3 is 16.4 Å². The van der Waals surface area contributed by atoms with Gasteiger partial charge in [-0.05, 0) is 31.9 Å². The molecule has 0 fully saturated rings. The summed E-state index contributed by atoms with van der Waals surface area (Å²) in [7, 11) is 0. The number of rotatable bonds is 6. The van der Waals surface area contributed by atoms with E-state index in [-0.39, 0.29) is 12.4 Å². The number of hydrogen-bond donors (Lipinski definition) is 3. The lowest BCUT2D eigenvalue weighted by Gasteiger charge is -2.20. The zero-order valence-electron chi connectivity index (χ0n) is 11.7. The molecule has 0 atom stereocenters. The molecular formula is C14H20FN3O2. The summed E-state index contributed by atoms with van der Waals surface area (Å²) in [5, 5.41) is 5.16. The third-order valence-corrected chi connectivity index (χ3v) is 3.00. The number of carbonyl (C=O) groups is 2. The van der Waals surface area contributed by atoms with Gasteiger partial charge in [0.25, 0.3) is 0 Å². The van der Waals surface area contributed by atoms with E-state index < -0.39 is 17.4 Å². The molecule has 3 amide bonds. The van der Waals surface area contributed by atoms with Crippen molar-refractivity contribution in [2.24, 2.45) is 11.1 Å². The van der Waals surface area contributed by atoms with Crippen LogP contribution in [-0.4, -0.2) is 25.0 Å². The quantitative estimate of drug-likeness (QED) is 0.731. The lowest BCUT2D eigenvalue weighted by molar-refractivity contribution is -0.125. The maximum absolute atomic E-state index is 13.3. The number of benzene rings is 1. The standard InChI is InChI=1S/C14H20FN3O2/c1-14(2,12(16)19)9-18-13(20)17-8-7-10-5-3-4-6-11(10)15/h3-6H,7-9H2,1-2H3,(H2,16,19)(H2,17,18,20). The lowest BCUT2D eigenvalue weighted by atomic mass is 9.93. The van der Waals surface area contributed by atoms with E-state index in [1.807, 2.05) is 0 Å². The Morgan fingerprint density at radius 2 is 1.90 bits per heavy atom. The van der Waals surface area contributed by atoms with Crippen molar-refractivity contribution in [2.45, 2.75) is 20.3 Å². The van der Waals surface area contributed by atoms with Crippen LogP contribution in [0.15, 0.2) is 24.3 Å². The Kier molecular flexibility index (Phi) is 5.49.